The summed E-state index contributed by atoms with van der Waals surface area (Å²) >= 11 is 9.67. The largest absolute Gasteiger partial charge is 0.308 e. The molecule has 2 heterocycles. The van der Waals surface area contributed by atoms with Crippen LogP contribution >= 0.6 is 27.5 Å². The summed E-state index contributed by atoms with van der Waals surface area (Å²) in [6.07, 6.45) is 5.15. The van der Waals surface area contributed by atoms with Gasteiger partial charge in [0.05, 0.1) is 27.4 Å². The summed E-state index contributed by atoms with van der Waals surface area (Å²) in [6.45, 7) is 0. The van der Waals surface area contributed by atoms with Crippen LogP contribution in [0, 0.1) is 0 Å². The molecule has 17 heavy (non-hydrogen) atoms. The Kier molecular flexibility index (Phi) is 3.81. The fourth-order valence-electron chi connectivity index (χ4n) is 1.80. The monoisotopic (exact) mass is 314 g/mol. The summed E-state index contributed by atoms with van der Waals surface area (Å²) in [6, 6.07) is 1.88. The van der Waals surface area contributed by atoms with Gasteiger partial charge in [0.2, 0.25) is 0 Å². The molecular formula is C11H12BrClN4. The zero-order valence-electron chi connectivity index (χ0n) is 9.48. The van der Waals surface area contributed by atoms with Crippen molar-refractivity contribution in [1.82, 2.24) is 20.1 Å². The van der Waals surface area contributed by atoms with Gasteiger partial charge < -0.3 is 5.32 Å². The summed E-state index contributed by atoms with van der Waals surface area (Å²) < 4.78 is 2.77. The van der Waals surface area contributed by atoms with Crippen molar-refractivity contribution in [1.29, 1.82) is 0 Å². The average molecular weight is 316 g/mol. The summed E-state index contributed by atoms with van der Waals surface area (Å²) in [5, 5.41) is 8.09. The van der Waals surface area contributed by atoms with Crippen molar-refractivity contribution >= 4 is 27.5 Å². The molecule has 0 aliphatic heterocycles. The van der Waals surface area contributed by atoms with E-state index in [1.54, 1.807) is 18.6 Å². The van der Waals surface area contributed by atoms with Crippen molar-refractivity contribution in [2.75, 3.05) is 7.05 Å². The Bertz CT molecular complexity index is 506. The first-order valence-electron chi connectivity index (χ1n) is 5.09. The number of hydrogen-bond acceptors (Lipinski definition) is 3. The van der Waals surface area contributed by atoms with Gasteiger partial charge in [0, 0.05) is 19.4 Å². The second kappa shape index (κ2) is 5.16. The first kappa shape index (κ1) is 12.5. The van der Waals surface area contributed by atoms with Gasteiger partial charge in [-0.25, -0.2) is 0 Å². The van der Waals surface area contributed by atoms with Gasteiger partial charge in [-0.1, -0.05) is 11.6 Å². The molecule has 0 saturated heterocycles. The van der Waals surface area contributed by atoms with Crippen LogP contribution in [0.5, 0.6) is 0 Å². The minimum Gasteiger partial charge on any atom is -0.308 e. The fraction of sp³-hybridized carbons (Fsp3) is 0.273. The van der Waals surface area contributed by atoms with E-state index in [4.69, 9.17) is 11.6 Å². The molecular weight excluding hydrogens is 304 g/mol. The number of aryl methyl sites for hydroxylation is 1. The van der Waals surface area contributed by atoms with E-state index in [9.17, 15) is 0 Å². The fourth-order valence-corrected chi connectivity index (χ4v) is 2.61. The number of halogens is 2. The van der Waals surface area contributed by atoms with Crippen molar-refractivity contribution in [3.8, 4) is 0 Å². The molecule has 90 valence electrons. The Labute approximate surface area is 113 Å². The van der Waals surface area contributed by atoms with E-state index in [1.807, 2.05) is 24.8 Å². The maximum absolute atomic E-state index is 6.17. The number of nitrogens with one attached hydrogen (secondary N) is 1. The molecule has 1 unspecified atom stereocenters. The van der Waals surface area contributed by atoms with E-state index in [1.165, 1.54) is 0 Å². The summed E-state index contributed by atoms with van der Waals surface area (Å²) in [5.41, 5.74) is 2.01. The lowest BCUT2D eigenvalue weighted by molar-refractivity contribution is 0.603. The van der Waals surface area contributed by atoms with E-state index >= 15 is 0 Å². The van der Waals surface area contributed by atoms with Crippen molar-refractivity contribution in [3.63, 3.8) is 0 Å². The molecule has 4 nitrogen and oxygen atoms in total. The maximum atomic E-state index is 6.17. The molecule has 0 radical (unpaired) electrons. The zero-order chi connectivity index (χ0) is 12.4. The number of nitrogens with zero attached hydrogens (tertiary/aromatic N) is 3. The lowest BCUT2D eigenvalue weighted by atomic mass is 10.1. The molecule has 0 fully saturated rings. The minimum atomic E-state index is -0.0209. The van der Waals surface area contributed by atoms with E-state index < -0.39 is 0 Å². The predicted octanol–water partition coefficient (Wildman–Crippen LogP) is 2.54. The SMILES string of the molecule is CNC(c1ccncc1Cl)c1c(Br)cnn1C. The molecule has 1 N–H and O–H groups in total. The van der Waals surface area contributed by atoms with Crippen LogP contribution in [0.3, 0.4) is 0 Å². The van der Waals surface area contributed by atoms with Crippen LogP contribution in [-0.2, 0) is 7.05 Å². The third-order valence-corrected chi connectivity index (χ3v) is 3.54. The van der Waals surface area contributed by atoms with Gasteiger partial charge in [-0.05, 0) is 34.6 Å². The molecule has 0 spiro atoms. The summed E-state index contributed by atoms with van der Waals surface area (Å²) in [5.74, 6) is 0. The minimum absolute atomic E-state index is 0.0209. The molecule has 2 aromatic heterocycles. The van der Waals surface area contributed by atoms with E-state index in [0.29, 0.717) is 5.02 Å². The van der Waals surface area contributed by atoms with Gasteiger partial charge in [0.15, 0.2) is 0 Å². The highest BCUT2D eigenvalue weighted by Crippen LogP contribution is 2.31. The van der Waals surface area contributed by atoms with Crippen LogP contribution in [0.4, 0.5) is 0 Å². The van der Waals surface area contributed by atoms with Crippen molar-refractivity contribution in [2.24, 2.45) is 7.05 Å². The highest BCUT2D eigenvalue weighted by atomic mass is 79.9. The lowest BCUT2D eigenvalue weighted by Gasteiger charge is -2.18. The Morgan fingerprint density at radius 1 is 1.47 bits per heavy atom. The van der Waals surface area contributed by atoms with Crippen LogP contribution < -0.4 is 5.32 Å². The maximum Gasteiger partial charge on any atom is 0.0772 e. The second-order valence-electron chi connectivity index (χ2n) is 3.62. The first-order valence-corrected chi connectivity index (χ1v) is 6.26. The number of aromatic nitrogens is 3. The number of pyridine rings is 1. The molecule has 0 bridgehead atoms. The molecule has 0 saturated carbocycles. The quantitative estimate of drug-likeness (QED) is 0.946. The Morgan fingerprint density at radius 3 is 2.76 bits per heavy atom. The second-order valence-corrected chi connectivity index (χ2v) is 4.88. The van der Waals surface area contributed by atoms with Crippen molar-refractivity contribution in [2.45, 2.75) is 6.04 Å². The summed E-state index contributed by atoms with van der Waals surface area (Å²) in [4.78, 5) is 3.99. The molecule has 0 aliphatic carbocycles. The van der Waals surface area contributed by atoms with Gasteiger partial charge in [0.25, 0.3) is 0 Å². The summed E-state index contributed by atoms with van der Waals surface area (Å²) in [7, 11) is 3.79. The molecule has 2 rings (SSSR count). The smallest absolute Gasteiger partial charge is 0.0772 e. The molecule has 0 amide bonds. The average Bonchev–Trinajstić information content (AvgIpc) is 2.64. The van der Waals surface area contributed by atoms with Crippen LogP contribution in [0.25, 0.3) is 0 Å². The normalized spacial score (nSPS) is 12.7. The van der Waals surface area contributed by atoms with Gasteiger partial charge in [-0.2, -0.15) is 5.10 Å². The van der Waals surface area contributed by atoms with Gasteiger partial charge in [-0.15, -0.1) is 0 Å². The molecule has 1 atom stereocenters. The predicted molar refractivity (Wildman–Crippen MR) is 71.1 cm³/mol. The highest BCUT2D eigenvalue weighted by Gasteiger charge is 2.21. The third kappa shape index (κ3) is 2.36. The standard InChI is InChI=1S/C11H12BrClN4/c1-14-10(7-3-4-15-6-9(7)13)11-8(12)5-16-17(11)2/h3-6,10,14H,1-2H3. The van der Waals surface area contributed by atoms with Gasteiger partial charge in [-0.3, -0.25) is 9.67 Å². The zero-order valence-corrected chi connectivity index (χ0v) is 11.8. The van der Waals surface area contributed by atoms with E-state index in [-0.39, 0.29) is 6.04 Å². The molecule has 0 aliphatic rings. The third-order valence-electron chi connectivity index (χ3n) is 2.61. The highest BCUT2D eigenvalue weighted by molar-refractivity contribution is 9.10. The van der Waals surface area contributed by atoms with Crippen LogP contribution in [0.2, 0.25) is 5.02 Å². The van der Waals surface area contributed by atoms with Crippen LogP contribution in [-0.4, -0.2) is 21.8 Å². The van der Waals surface area contributed by atoms with E-state index in [0.717, 1.165) is 15.7 Å². The number of rotatable bonds is 3. The van der Waals surface area contributed by atoms with Crippen molar-refractivity contribution in [3.05, 3.63) is 45.4 Å². The Balaban J connectivity index is 2.52. The van der Waals surface area contributed by atoms with Gasteiger partial charge >= 0.3 is 0 Å². The molecule has 0 aromatic carbocycles. The Morgan fingerprint density at radius 2 is 2.24 bits per heavy atom. The Hall–Kier alpha value is -0.910. The first-order chi connectivity index (χ1) is 8.15. The van der Waals surface area contributed by atoms with E-state index in [2.05, 4.69) is 31.3 Å². The van der Waals surface area contributed by atoms with Crippen molar-refractivity contribution < 1.29 is 0 Å². The topological polar surface area (TPSA) is 42.7 Å². The lowest BCUT2D eigenvalue weighted by Crippen LogP contribution is -2.21. The molecule has 6 heteroatoms. The van der Waals surface area contributed by atoms with Gasteiger partial charge in [0.1, 0.15) is 0 Å². The molecule has 2 aromatic rings. The number of hydrogen-bond donors (Lipinski definition) is 1. The van der Waals surface area contributed by atoms with Crippen LogP contribution in [0.1, 0.15) is 17.3 Å². The van der Waals surface area contributed by atoms with Crippen LogP contribution in [0.15, 0.2) is 29.1 Å².